The molecular weight excluding hydrogens is 366 g/mol. The van der Waals surface area contributed by atoms with Crippen LogP contribution in [0.3, 0.4) is 0 Å². The van der Waals surface area contributed by atoms with Crippen LogP contribution in [-0.4, -0.2) is 62.6 Å². The van der Waals surface area contributed by atoms with Gasteiger partial charge < -0.3 is 20.7 Å². The number of para-hydroxylation sites is 1. The van der Waals surface area contributed by atoms with Gasteiger partial charge in [0.15, 0.2) is 5.96 Å². The van der Waals surface area contributed by atoms with E-state index in [1.165, 1.54) is 24.8 Å². The van der Waals surface area contributed by atoms with Gasteiger partial charge in [-0.1, -0.05) is 24.6 Å². The van der Waals surface area contributed by atoms with Crippen LogP contribution in [0.4, 0.5) is 0 Å². The average Bonchev–Trinajstić information content (AvgIpc) is 2.70. The van der Waals surface area contributed by atoms with E-state index in [2.05, 4.69) is 38.0 Å². The molecule has 7 heteroatoms. The van der Waals surface area contributed by atoms with Crippen molar-refractivity contribution in [3.05, 3.63) is 29.8 Å². The lowest BCUT2D eigenvalue weighted by atomic mass is 10.0. The third kappa shape index (κ3) is 7.57. The van der Waals surface area contributed by atoms with E-state index in [1.807, 2.05) is 32.9 Å². The molecule has 7 nitrogen and oxygen atoms in total. The highest BCUT2D eigenvalue weighted by Crippen LogP contribution is 2.30. The van der Waals surface area contributed by atoms with E-state index in [9.17, 15) is 4.79 Å². The summed E-state index contributed by atoms with van der Waals surface area (Å²) < 4.78 is 5.62. The fourth-order valence-electron chi connectivity index (χ4n) is 3.65. The molecule has 0 aliphatic carbocycles. The van der Waals surface area contributed by atoms with E-state index >= 15 is 0 Å². The van der Waals surface area contributed by atoms with Crippen molar-refractivity contribution >= 4 is 11.9 Å². The van der Waals surface area contributed by atoms with Crippen molar-refractivity contribution in [3.63, 3.8) is 0 Å². The number of piperidine rings is 1. The van der Waals surface area contributed by atoms with E-state index in [-0.39, 0.29) is 24.0 Å². The second kappa shape index (κ2) is 11.0. The number of likely N-dealkylation sites (tertiary alicyclic amines) is 1. The maximum Gasteiger partial charge on any atom is 0.239 e. The normalized spacial score (nSPS) is 16.8. The van der Waals surface area contributed by atoms with Gasteiger partial charge in [-0.25, -0.2) is 0 Å². The predicted molar refractivity (Wildman–Crippen MR) is 118 cm³/mol. The number of aliphatic imine (C=N–C) groups is 1. The number of benzene rings is 1. The van der Waals surface area contributed by atoms with Crippen LogP contribution in [0, 0.1) is 0 Å². The lowest BCUT2D eigenvalue weighted by Crippen LogP contribution is -2.49. The molecule has 1 heterocycles. The Labute approximate surface area is 175 Å². The summed E-state index contributed by atoms with van der Waals surface area (Å²) in [5.74, 6) is 1.46. The molecule has 29 heavy (non-hydrogen) atoms. The zero-order valence-corrected chi connectivity index (χ0v) is 18.5. The summed E-state index contributed by atoms with van der Waals surface area (Å²) in [4.78, 5) is 18.9. The Kier molecular flexibility index (Phi) is 8.76. The molecule has 0 spiro atoms. The van der Waals surface area contributed by atoms with Crippen molar-refractivity contribution in [2.24, 2.45) is 4.99 Å². The van der Waals surface area contributed by atoms with Crippen LogP contribution < -0.4 is 20.7 Å². The molecule has 1 aromatic carbocycles. The number of hydrogen-bond donors (Lipinski definition) is 3. The van der Waals surface area contributed by atoms with Gasteiger partial charge in [-0.3, -0.25) is 14.7 Å². The smallest absolute Gasteiger partial charge is 0.239 e. The first kappa shape index (κ1) is 23.0. The highest BCUT2D eigenvalue weighted by atomic mass is 16.5. The van der Waals surface area contributed by atoms with Crippen molar-refractivity contribution < 1.29 is 9.53 Å². The molecule has 1 unspecified atom stereocenters. The van der Waals surface area contributed by atoms with Crippen LogP contribution in [-0.2, 0) is 4.79 Å². The molecule has 3 N–H and O–H groups in total. The maximum absolute atomic E-state index is 12.1. The number of amides is 1. The van der Waals surface area contributed by atoms with E-state index in [1.54, 1.807) is 14.2 Å². The lowest BCUT2D eigenvalue weighted by Gasteiger charge is -2.35. The maximum atomic E-state index is 12.1. The standard InChI is InChI=1S/C22H37N5O2/c1-22(2,3)26-20(28)16-25-21(23-4)24-15-18(27-13-9-6-10-14-27)17-11-7-8-12-19(17)29-5/h7-8,11-12,18H,6,9-10,13-16H2,1-5H3,(H,26,28)(H2,23,24,25). The number of carbonyl (C=O) groups excluding carboxylic acids is 1. The molecule has 0 radical (unpaired) electrons. The number of guanidine groups is 1. The van der Waals surface area contributed by atoms with Gasteiger partial charge in [-0.15, -0.1) is 0 Å². The molecule has 0 saturated carbocycles. The third-order valence-electron chi connectivity index (χ3n) is 4.95. The Balaban J connectivity index is 2.03. The summed E-state index contributed by atoms with van der Waals surface area (Å²) in [5.41, 5.74) is 0.921. The fourth-order valence-corrected chi connectivity index (χ4v) is 3.65. The first-order chi connectivity index (χ1) is 13.8. The fraction of sp³-hybridized carbons (Fsp3) is 0.636. The minimum atomic E-state index is -0.251. The third-order valence-corrected chi connectivity index (χ3v) is 4.95. The number of carbonyl (C=O) groups is 1. The summed E-state index contributed by atoms with van der Waals surface area (Å²) in [5, 5.41) is 9.45. The van der Waals surface area contributed by atoms with Crippen molar-refractivity contribution in [1.82, 2.24) is 20.9 Å². The van der Waals surface area contributed by atoms with Crippen LogP contribution in [0.5, 0.6) is 5.75 Å². The molecule has 1 saturated heterocycles. The second-order valence-corrected chi connectivity index (χ2v) is 8.46. The number of ether oxygens (including phenoxy) is 1. The van der Waals surface area contributed by atoms with Gasteiger partial charge >= 0.3 is 0 Å². The number of nitrogens with one attached hydrogen (secondary N) is 3. The first-order valence-corrected chi connectivity index (χ1v) is 10.5. The Morgan fingerprint density at radius 1 is 1.17 bits per heavy atom. The first-order valence-electron chi connectivity index (χ1n) is 10.5. The molecule has 1 fully saturated rings. The Hall–Kier alpha value is -2.28. The number of hydrogen-bond acceptors (Lipinski definition) is 4. The molecular formula is C22H37N5O2. The van der Waals surface area contributed by atoms with E-state index in [0.29, 0.717) is 12.5 Å². The highest BCUT2D eigenvalue weighted by Gasteiger charge is 2.25. The monoisotopic (exact) mass is 403 g/mol. The number of rotatable bonds is 7. The minimum Gasteiger partial charge on any atom is -0.496 e. The van der Waals surface area contributed by atoms with Crippen LogP contribution in [0.2, 0.25) is 0 Å². The Bertz CT molecular complexity index is 678. The minimum absolute atomic E-state index is 0.0576. The Morgan fingerprint density at radius 3 is 2.48 bits per heavy atom. The molecule has 0 aromatic heterocycles. The van der Waals surface area contributed by atoms with Crippen molar-refractivity contribution in [2.45, 2.75) is 51.6 Å². The number of nitrogens with zero attached hydrogens (tertiary/aromatic N) is 2. The molecule has 162 valence electrons. The summed E-state index contributed by atoms with van der Waals surface area (Å²) >= 11 is 0. The van der Waals surface area contributed by atoms with Gasteiger partial charge in [0.05, 0.1) is 19.7 Å². The largest absolute Gasteiger partial charge is 0.496 e. The van der Waals surface area contributed by atoms with Crippen LogP contribution in [0.15, 0.2) is 29.3 Å². The summed E-state index contributed by atoms with van der Waals surface area (Å²) in [7, 11) is 3.43. The second-order valence-electron chi connectivity index (χ2n) is 8.46. The van der Waals surface area contributed by atoms with E-state index < -0.39 is 0 Å². The van der Waals surface area contributed by atoms with Crippen molar-refractivity contribution in [1.29, 1.82) is 0 Å². The topological polar surface area (TPSA) is 78.0 Å². The number of methoxy groups -OCH3 is 1. The highest BCUT2D eigenvalue weighted by molar-refractivity contribution is 5.86. The molecule has 2 rings (SSSR count). The molecule has 1 amide bonds. The van der Waals surface area contributed by atoms with Crippen molar-refractivity contribution in [3.8, 4) is 5.75 Å². The van der Waals surface area contributed by atoms with Crippen molar-refractivity contribution in [2.75, 3.05) is 40.3 Å². The zero-order valence-electron chi connectivity index (χ0n) is 18.5. The molecule has 1 aromatic rings. The van der Waals surface area contributed by atoms with Gasteiger partial charge in [-0.05, 0) is 52.8 Å². The van der Waals surface area contributed by atoms with Gasteiger partial charge in [-0.2, -0.15) is 0 Å². The quantitative estimate of drug-likeness (QED) is 0.481. The summed E-state index contributed by atoms with van der Waals surface area (Å²) in [6, 6.07) is 8.37. The van der Waals surface area contributed by atoms with Gasteiger partial charge in [0, 0.05) is 24.7 Å². The Morgan fingerprint density at radius 2 is 1.86 bits per heavy atom. The molecule has 0 bridgehead atoms. The van der Waals surface area contributed by atoms with Gasteiger partial charge in [0.1, 0.15) is 5.75 Å². The van der Waals surface area contributed by atoms with Gasteiger partial charge in [0.2, 0.25) is 5.91 Å². The predicted octanol–water partition coefficient (Wildman–Crippen LogP) is 2.30. The summed E-state index contributed by atoms with van der Waals surface area (Å²) in [6.07, 6.45) is 3.71. The van der Waals surface area contributed by atoms with E-state index in [0.717, 1.165) is 18.8 Å². The van der Waals surface area contributed by atoms with Crippen LogP contribution in [0.25, 0.3) is 0 Å². The molecule has 1 aliphatic rings. The lowest BCUT2D eigenvalue weighted by molar-refractivity contribution is -0.121. The van der Waals surface area contributed by atoms with E-state index in [4.69, 9.17) is 4.74 Å². The van der Waals surface area contributed by atoms with Crippen LogP contribution >= 0.6 is 0 Å². The van der Waals surface area contributed by atoms with Crippen LogP contribution in [0.1, 0.15) is 51.6 Å². The molecule has 1 aliphatic heterocycles. The molecule has 1 atom stereocenters. The SMILES string of the molecule is CN=C(NCC(=O)NC(C)(C)C)NCC(c1ccccc1OC)N1CCCCC1. The average molecular weight is 404 g/mol. The van der Waals surface area contributed by atoms with Gasteiger partial charge in [0.25, 0.3) is 0 Å². The zero-order chi connectivity index (χ0) is 21.3. The summed E-state index contributed by atoms with van der Waals surface area (Å²) in [6.45, 7) is 8.91.